The molecule has 2 N–H and O–H groups in total. The van der Waals surface area contributed by atoms with E-state index in [0.29, 0.717) is 6.54 Å². The zero-order valence-corrected chi connectivity index (χ0v) is 11.4. The van der Waals surface area contributed by atoms with Gasteiger partial charge in [-0.15, -0.1) is 5.54 Å². The lowest BCUT2D eigenvalue weighted by Gasteiger charge is -2.04. The minimum absolute atomic E-state index is 0.330. The van der Waals surface area contributed by atoms with Crippen molar-refractivity contribution in [1.82, 2.24) is 5.32 Å². The topological polar surface area (TPSA) is 49.3 Å². The summed E-state index contributed by atoms with van der Waals surface area (Å²) < 4.78 is 0. The molecule has 1 rings (SSSR count). The molecule has 0 aliphatic rings. The van der Waals surface area contributed by atoms with E-state index in [1.807, 2.05) is 24.3 Å². The van der Waals surface area contributed by atoms with Crippen LogP contribution in [-0.4, -0.2) is 19.3 Å². The van der Waals surface area contributed by atoms with E-state index in [-0.39, 0.29) is 0 Å². The molecule has 0 aromatic heterocycles. The molecule has 0 atom stereocenters. The number of carboxylic acid groups (broad SMARTS) is 1. The predicted molar refractivity (Wildman–Crippen MR) is 71.5 cm³/mol. The molecule has 0 aliphatic heterocycles. The molecule has 0 unspecified atom stereocenters. The van der Waals surface area contributed by atoms with Crippen LogP contribution in [0.2, 0.25) is 19.6 Å². The lowest BCUT2D eigenvalue weighted by atomic mass is 10.1. The van der Waals surface area contributed by atoms with E-state index in [1.54, 1.807) is 0 Å². The Hall–Kier alpha value is -1.73. The summed E-state index contributed by atoms with van der Waals surface area (Å²) in [6.07, 6.45) is -1.01. The van der Waals surface area contributed by atoms with Crippen molar-refractivity contribution in [3.8, 4) is 11.5 Å². The number of carbonyl (C=O) groups is 1. The van der Waals surface area contributed by atoms with E-state index in [0.717, 1.165) is 11.1 Å². The molecule has 17 heavy (non-hydrogen) atoms. The fourth-order valence-corrected chi connectivity index (χ4v) is 1.66. The Bertz CT molecular complexity index is 449. The van der Waals surface area contributed by atoms with Crippen LogP contribution in [0, 0.1) is 11.5 Å². The standard InChI is InChI=1S/C13H17NO2Si/c1-17(2,3)9-8-11-4-6-12(7-5-11)10-14-13(15)16/h4-7,14H,10H2,1-3H3,(H,15,16). The second-order valence-electron chi connectivity index (χ2n) is 4.86. The molecule has 0 fully saturated rings. The average Bonchev–Trinajstić information content (AvgIpc) is 2.24. The van der Waals surface area contributed by atoms with Crippen molar-refractivity contribution < 1.29 is 9.90 Å². The normalized spacial score (nSPS) is 10.3. The molecular formula is C13H17NO2Si. The summed E-state index contributed by atoms with van der Waals surface area (Å²) in [6.45, 7) is 6.93. The van der Waals surface area contributed by atoms with Gasteiger partial charge in [-0.1, -0.05) is 37.7 Å². The summed E-state index contributed by atoms with van der Waals surface area (Å²) in [4.78, 5) is 10.3. The summed E-state index contributed by atoms with van der Waals surface area (Å²) >= 11 is 0. The average molecular weight is 247 g/mol. The highest BCUT2D eigenvalue weighted by atomic mass is 28.3. The molecule has 3 nitrogen and oxygen atoms in total. The van der Waals surface area contributed by atoms with Crippen LogP contribution in [0.1, 0.15) is 11.1 Å². The van der Waals surface area contributed by atoms with Gasteiger partial charge in [-0.3, -0.25) is 0 Å². The molecular weight excluding hydrogens is 230 g/mol. The monoisotopic (exact) mass is 247 g/mol. The van der Waals surface area contributed by atoms with E-state index in [4.69, 9.17) is 5.11 Å². The Labute approximate surface area is 103 Å². The van der Waals surface area contributed by atoms with Crippen LogP contribution in [0.3, 0.4) is 0 Å². The number of rotatable bonds is 2. The molecule has 90 valence electrons. The van der Waals surface area contributed by atoms with Crippen molar-refractivity contribution in [1.29, 1.82) is 0 Å². The van der Waals surface area contributed by atoms with E-state index >= 15 is 0 Å². The molecule has 1 amide bonds. The first kappa shape index (κ1) is 13.3. The first-order valence-electron chi connectivity index (χ1n) is 5.46. The fourth-order valence-electron chi connectivity index (χ4n) is 1.14. The molecule has 0 saturated heterocycles. The quantitative estimate of drug-likeness (QED) is 0.623. The summed E-state index contributed by atoms with van der Waals surface area (Å²) in [6, 6.07) is 7.63. The second-order valence-corrected chi connectivity index (χ2v) is 9.61. The zero-order chi connectivity index (χ0) is 12.9. The van der Waals surface area contributed by atoms with E-state index in [2.05, 4.69) is 36.4 Å². The summed E-state index contributed by atoms with van der Waals surface area (Å²) in [5.74, 6) is 3.15. The molecule has 0 saturated carbocycles. The first-order chi connectivity index (χ1) is 7.87. The molecule has 1 aromatic carbocycles. The Morgan fingerprint density at radius 3 is 2.35 bits per heavy atom. The Kier molecular flexibility index (Phi) is 4.35. The Morgan fingerprint density at radius 2 is 1.88 bits per heavy atom. The highest BCUT2D eigenvalue weighted by Gasteiger charge is 2.07. The number of benzene rings is 1. The highest BCUT2D eigenvalue weighted by molar-refractivity contribution is 6.83. The maximum absolute atomic E-state index is 10.3. The van der Waals surface area contributed by atoms with Crippen molar-refractivity contribution in [3.63, 3.8) is 0 Å². The van der Waals surface area contributed by atoms with E-state index in [9.17, 15) is 4.79 Å². The fraction of sp³-hybridized carbons (Fsp3) is 0.308. The van der Waals surface area contributed by atoms with Gasteiger partial charge in [-0.2, -0.15) is 0 Å². The molecule has 0 heterocycles. The van der Waals surface area contributed by atoms with Gasteiger partial charge in [0.1, 0.15) is 8.07 Å². The van der Waals surface area contributed by atoms with Gasteiger partial charge in [0, 0.05) is 12.1 Å². The van der Waals surface area contributed by atoms with Gasteiger partial charge in [0.25, 0.3) is 0 Å². The van der Waals surface area contributed by atoms with Crippen LogP contribution in [0.15, 0.2) is 24.3 Å². The number of hydrogen-bond acceptors (Lipinski definition) is 1. The minimum atomic E-state index is -1.33. The number of nitrogens with one attached hydrogen (secondary N) is 1. The van der Waals surface area contributed by atoms with Crippen LogP contribution >= 0.6 is 0 Å². The molecule has 0 bridgehead atoms. The summed E-state index contributed by atoms with van der Waals surface area (Å²) in [5, 5.41) is 10.8. The van der Waals surface area contributed by atoms with Crippen LogP contribution in [-0.2, 0) is 6.54 Å². The maximum Gasteiger partial charge on any atom is 0.404 e. The first-order valence-corrected chi connectivity index (χ1v) is 8.96. The van der Waals surface area contributed by atoms with Crippen LogP contribution in [0.5, 0.6) is 0 Å². The van der Waals surface area contributed by atoms with Crippen LogP contribution in [0.4, 0.5) is 4.79 Å². The smallest absolute Gasteiger partial charge is 0.404 e. The van der Waals surface area contributed by atoms with Gasteiger partial charge < -0.3 is 10.4 Å². The second kappa shape index (κ2) is 5.55. The third-order valence-corrected chi connectivity index (χ3v) is 2.85. The Balaban J connectivity index is 2.67. The highest BCUT2D eigenvalue weighted by Crippen LogP contribution is 2.04. The largest absolute Gasteiger partial charge is 0.465 e. The van der Waals surface area contributed by atoms with Crippen molar-refractivity contribution in [2.75, 3.05) is 0 Å². The SMILES string of the molecule is C[Si](C)(C)C#Cc1ccc(CNC(=O)O)cc1. The Morgan fingerprint density at radius 1 is 1.29 bits per heavy atom. The third-order valence-electron chi connectivity index (χ3n) is 1.98. The maximum atomic E-state index is 10.3. The van der Waals surface area contributed by atoms with Gasteiger partial charge in [0.2, 0.25) is 0 Å². The molecule has 0 spiro atoms. The van der Waals surface area contributed by atoms with E-state index in [1.165, 1.54) is 0 Å². The molecule has 0 aliphatic carbocycles. The number of hydrogen-bond donors (Lipinski definition) is 2. The summed E-state index contributed by atoms with van der Waals surface area (Å²) in [7, 11) is -1.33. The van der Waals surface area contributed by atoms with Gasteiger partial charge in [0.05, 0.1) is 0 Å². The third kappa shape index (κ3) is 5.78. The zero-order valence-electron chi connectivity index (χ0n) is 10.4. The van der Waals surface area contributed by atoms with Crippen molar-refractivity contribution in [2.24, 2.45) is 0 Å². The van der Waals surface area contributed by atoms with Crippen LogP contribution in [0.25, 0.3) is 0 Å². The van der Waals surface area contributed by atoms with Gasteiger partial charge in [-0.05, 0) is 17.7 Å². The minimum Gasteiger partial charge on any atom is -0.465 e. The van der Waals surface area contributed by atoms with Gasteiger partial charge in [-0.25, -0.2) is 4.79 Å². The van der Waals surface area contributed by atoms with E-state index < -0.39 is 14.2 Å². The predicted octanol–water partition coefficient (Wildman–Crippen LogP) is 2.68. The number of amides is 1. The molecule has 4 heteroatoms. The van der Waals surface area contributed by atoms with Gasteiger partial charge in [0.15, 0.2) is 0 Å². The molecule has 1 aromatic rings. The lowest BCUT2D eigenvalue weighted by molar-refractivity contribution is 0.194. The van der Waals surface area contributed by atoms with Crippen molar-refractivity contribution in [3.05, 3.63) is 35.4 Å². The van der Waals surface area contributed by atoms with Crippen LogP contribution < -0.4 is 5.32 Å². The van der Waals surface area contributed by atoms with Gasteiger partial charge >= 0.3 is 6.09 Å². The summed E-state index contributed by atoms with van der Waals surface area (Å²) in [5.41, 5.74) is 5.20. The lowest BCUT2D eigenvalue weighted by Crippen LogP contribution is -2.19. The molecule has 0 radical (unpaired) electrons. The van der Waals surface area contributed by atoms with Crippen molar-refractivity contribution in [2.45, 2.75) is 26.2 Å². The van der Waals surface area contributed by atoms with Crippen molar-refractivity contribution >= 4 is 14.2 Å².